The maximum atomic E-state index is 12.1. The monoisotopic (exact) mass is 614 g/mol. The van der Waals surface area contributed by atoms with Gasteiger partial charge < -0.3 is 0 Å². The second-order valence-electron chi connectivity index (χ2n) is 8.29. The molecular formula is C24H38O2S8. The van der Waals surface area contributed by atoms with Gasteiger partial charge in [0.15, 0.2) is 0 Å². The molecule has 2 aliphatic rings. The van der Waals surface area contributed by atoms with E-state index in [-0.39, 0.29) is 10.2 Å². The molecule has 2 fully saturated rings. The summed E-state index contributed by atoms with van der Waals surface area (Å²) >= 11 is 15.5. The summed E-state index contributed by atoms with van der Waals surface area (Å²) in [5.41, 5.74) is 1.33. The third-order valence-corrected chi connectivity index (χ3v) is 18.6. The van der Waals surface area contributed by atoms with Crippen molar-refractivity contribution in [1.82, 2.24) is 0 Å². The lowest BCUT2D eigenvalue weighted by Crippen LogP contribution is -2.21. The standard InChI is InChI=1S/C24H38O2S8/c1-7-17(33-23(25)15(3)4)19-11-29-21(31-19)13-27-9-10-28-14-22-30-12-20(32-22)18(8-2)34-24(26)16(5)6/h17-22H,3,5,7-14H2,1-2,4,6H3. The van der Waals surface area contributed by atoms with Gasteiger partial charge in [0.05, 0.1) is 9.16 Å². The molecule has 0 saturated carbocycles. The van der Waals surface area contributed by atoms with E-state index in [1.54, 1.807) is 0 Å². The molecule has 0 radical (unpaired) electrons. The van der Waals surface area contributed by atoms with Crippen molar-refractivity contribution >= 4 is 104 Å². The average molecular weight is 615 g/mol. The van der Waals surface area contributed by atoms with Gasteiger partial charge in [0.2, 0.25) is 10.2 Å². The van der Waals surface area contributed by atoms with Crippen molar-refractivity contribution in [1.29, 1.82) is 0 Å². The van der Waals surface area contributed by atoms with Gasteiger partial charge in [0, 0.05) is 55.5 Å². The molecule has 0 aliphatic carbocycles. The molecule has 0 N–H and O–H groups in total. The predicted molar refractivity (Wildman–Crippen MR) is 173 cm³/mol. The lowest BCUT2D eigenvalue weighted by atomic mass is 10.2. The fourth-order valence-corrected chi connectivity index (χ4v) is 16.1. The summed E-state index contributed by atoms with van der Waals surface area (Å²) in [6.45, 7) is 15.6. The molecule has 2 nitrogen and oxygen atoms in total. The third kappa shape index (κ3) is 11.2. The largest absolute Gasteiger partial charge is 0.282 e. The van der Waals surface area contributed by atoms with Crippen LogP contribution < -0.4 is 0 Å². The number of hydrogen-bond acceptors (Lipinski definition) is 10. The van der Waals surface area contributed by atoms with Crippen LogP contribution in [0.25, 0.3) is 0 Å². The smallest absolute Gasteiger partial charge is 0.214 e. The first kappa shape index (κ1) is 31.8. The zero-order valence-electron chi connectivity index (χ0n) is 20.6. The molecule has 0 amide bonds. The van der Waals surface area contributed by atoms with Crippen LogP contribution in [0, 0.1) is 0 Å². The molecule has 2 heterocycles. The maximum Gasteiger partial charge on any atom is 0.214 e. The molecule has 0 spiro atoms. The lowest BCUT2D eigenvalue weighted by Gasteiger charge is -2.20. The third-order valence-electron chi connectivity index (χ3n) is 5.27. The Morgan fingerprint density at radius 2 is 1.18 bits per heavy atom. The molecule has 34 heavy (non-hydrogen) atoms. The van der Waals surface area contributed by atoms with Crippen LogP contribution in [-0.2, 0) is 9.59 Å². The van der Waals surface area contributed by atoms with E-state index in [1.807, 2.05) is 13.8 Å². The van der Waals surface area contributed by atoms with Gasteiger partial charge in [-0.05, 0) is 37.8 Å². The maximum absolute atomic E-state index is 12.1. The van der Waals surface area contributed by atoms with Crippen molar-refractivity contribution < 1.29 is 9.59 Å². The molecule has 2 aliphatic heterocycles. The topological polar surface area (TPSA) is 34.1 Å². The van der Waals surface area contributed by atoms with Crippen LogP contribution in [0.5, 0.6) is 0 Å². The predicted octanol–water partition coefficient (Wildman–Crippen LogP) is 8.03. The Kier molecular flexibility index (Phi) is 16.2. The van der Waals surface area contributed by atoms with Crippen molar-refractivity contribution in [3.63, 3.8) is 0 Å². The highest BCUT2D eigenvalue weighted by Crippen LogP contribution is 2.46. The van der Waals surface area contributed by atoms with Gasteiger partial charge >= 0.3 is 0 Å². The Bertz CT molecular complexity index is 642. The molecule has 2 saturated heterocycles. The van der Waals surface area contributed by atoms with Crippen molar-refractivity contribution in [2.75, 3.05) is 34.5 Å². The van der Waals surface area contributed by atoms with Gasteiger partial charge in [-0.1, -0.05) is 50.5 Å². The van der Waals surface area contributed by atoms with E-state index in [9.17, 15) is 9.59 Å². The minimum Gasteiger partial charge on any atom is -0.282 e. The van der Waals surface area contributed by atoms with Crippen molar-refractivity contribution in [2.24, 2.45) is 0 Å². The lowest BCUT2D eigenvalue weighted by molar-refractivity contribution is -0.108. The van der Waals surface area contributed by atoms with E-state index in [4.69, 9.17) is 0 Å². The quantitative estimate of drug-likeness (QED) is 0.134. The highest BCUT2D eigenvalue weighted by atomic mass is 32.2. The van der Waals surface area contributed by atoms with Crippen molar-refractivity contribution in [3.05, 3.63) is 24.3 Å². The Labute approximate surface area is 241 Å². The first-order chi connectivity index (χ1) is 16.2. The molecule has 0 bridgehead atoms. The SMILES string of the molecule is C=C(C)C(=O)SC(CC)C1CSC(CSCCSCC2SCC(C(CC)SC(=O)C(=C)C)S2)S1. The summed E-state index contributed by atoms with van der Waals surface area (Å²) in [6, 6.07) is 0. The Morgan fingerprint density at radius 3 is 1.50 bits per heavy atom. The Hall–Kier alpha value is 1.62. The van der Waals surface area contributed by atoms with Crippen LogP contribution in [0.2, 0.25) is 0 Å². The number of rotatable bonds is 15. The highest BCUT2D eigenvalue weighted by Gasteiger charge is 2.34. The number of carbonyl (C=O) groups is 2. The van der Waals surface area contributed by atoms with E-state index in [0.29, 0.717) is 41.3 Å². The summed E-state index contributed by atoms with van der Waals surface area (Å²) in [5.74, 6) is 7.13. The van der Waals surface area contributed by atoms with Crippen molar-refractivity contribution in [2.45, 2.75) is 70.7 Å². The normalized spacial score (nSPS) is 26.4. The van der Waals surface area contributed by atoms with Crippen LogP contribution in [0.15, 0.2) is 24.3 Å². The van der Waals surface area contributed by atoms with E-state index in [1.165, 1.54) is 46.5 Å². The van der Waals surface area contributed by atoms with Gasteiger partial charge in [0.1, 0.15) is 0 Å². The van der Waals surface area contributed by atoms with Crippen LogP contribution in [-0.4, -0.2) is 74.9 Å². The second kappa shape index (κ2) is 17.3. The fraction of sp³-hybridized carbons (Fsp3) is 0.750. The van der Waals surface area contributed by atoms with E-state index in [2.05, 4.69) is 97.6 Å². The molecule has 2 rings (SSSR count). The summed E-state index contributed by atoms with van der Waals surface area (Å²) in [4.78, 5) is 24.1. The van der Waals surface area contributed by atoms with Crippen molar-refractivity contribution in [3.8, 4) is 0 Å². The van der Waals surface area contributed by atoms with E-state index < -0.39 is 0 Å². The minimum atomic E-state index is 0.154. The van der Waals surface area contributed by atoms with Gasteiger partial charge in [-0.15, -0.1) is 47.0 Å². The number of carbonyl (C=O) groups excluding carboxylic acids is 2. The zero-order valence-corrected chi connectivity index (χ0v) is 27.1. The van der Waals surface area contributed by atoms with E-state index in [0.717, 1.165) is 24.3 Å². The van der Waals surface area contributed by atoms with Gasteiger partial charge in [-0.2, -0.15) is 23.5 Å². The molecule has 0 aromatic heterocycles. The second-order valence-corrected chi connectivity index (χ2v) is 19.0. The first-order valence-electron chi connectivity index (χ1n) is 11.7. The number of hydrogen-bond donors (Lipinski definition) is 0. The van der Waals surface area contributed by atoms with Crippen LogP contribution in [0.1, 0.15) is 40.5 Å². The highest BCUT2D eigenvalue weighted by molar-refractivity contribution is 8.23. The van der Waals surface area contributed by atoms with Gasteiger partial charge in [0.25, 0.3) is 0 Å². The molecule has 0 aromatic carbocycles. The summed E-state index contributed by atoms with van der Waals surface area (Å²) in [7, 11) is 0. The van der Waals surface area contributed by atoms with Crippen LogP contribution in [0.4, 0.5) is 0 Å². The number of thioether (sulfide) groups is 8. The Morgan fingerprint density at radius 1 is 0.794 bits per heavy atom. The minimum absolute atomic E-state index is 0.154. The average Bonchev–Trinajstić information content (AvgIpc) is 3.47. The zero-order chi connectivity index (χ0) is 25.1. The summed E-state index contributed by atoms with van der Waals surface area (Å²) < 4.78 is 1.31. The molecule has 6 atom stereocenters. The molecule has 194 valence electrons. The van der Waals surface area contributed by atoms with Gasteiger partial charge in [-0.3, -0.25) is 9.59 Å². The molecule has 6 unspecified atom stereocenters. The molecular weight excluding hydrogens is 577 g/mol. The van der Waals surface area contributed by atoms with Crippen LogP contribution >= 0.6 is 94.1 Å². The molecule has 0 aromatic rings. The fourth-order valence-electron chi connectivity index (χ4n) is 3.31. The van der Waals surface area contributed by atoms with Crippen LogP contribution in [0.3, 0.4) is 0 Å². The summed E-state index contributed by atoms with van der Waals surface area (Å²) in [6.07, 6.45) is 2.08. The van der Waals surface area contributed by atoms with E-state index >= 15 is 0 Å². The Balaban J connectivity index is 1.57. The summed E-state index contributed by atoms with van der Waals surface area (Å²) in [5, 5.41) is 2.26. The first-order valence-corrected chi connectivity index (χ1v) is 19.7. The molecule has 10 heteroatoms. The van der Waals surface area contributed by atoms with Gasteiger partial charge in [-0.25, -0.2) is 0 Å².